The monoisotopic (exact) mass is 347 g/mol. The summed E-state index contributed by atoms with van der Waals surface area (Å²) in [6, 6.07) is 10.9. The Hall–Kier alpha value is -3.55. The number of aryl methyl sites for hydroxylation is 1. The quantitative estimate of drug-likeness (QED) is 0.744. The van der Waals surface area contributed by atoms with Crippen molar-refractivity contribution < 1.29 is 0 Å². The summed E-state index contributed by atoms with van der Waals surface area (Å²) in [5.74, 6) is 0.976. The van der Waals surface area contributed by atoms with Gasteiger partial charge in [0, 0.05) is 35.9 Å². The lowest BCUT2D eigenvalue weighted by Gasteiger charge is -2.30. The normalized spacial score (nSPS) is 17.3. The van der Waals surface area contributed by atoms with Gasteiger partial charge >= 0.3 is 0 Å². The van der Waals surface area contributed by atoms with Gasteiger partial charge in [-0.1, -0.05) is 12.1 Å². The fraction of sp³-hybridized carbons (Fsp3) is 0.167. The largest absolute Gasteiger partial charge is 0.331 e. The molecular weight excluding hydrogens is 330 g/mol. The number of fused-ring (bicyclic) bond motifs is 1. The molecule has 0 amide bonds. The van der Waals surface area contributed by atoms with Gasteiger partial charge in [0.05, 0.1) is 12.2 Å². The summed E-state index contributed by atoms with van der Waals surface area (Å²) in [5, 5.41) is 6.34. The molecule has 0 spiro atoms. The van der Waals surface area contributed by atoms with Crippen LogP contribution in [0.1, 0.15) is 23.1 Å². The lowest BCUT2D eigenvalue weighted by molar-refractivity contribution is 0.513. The van der Waals surface area contributed by atoms with E-state index < -0.39 is 6.17 Å². The van der Waals surface area contributed by atoms with E-state index in [1.807, 2.05) is 30.3 Å². The molecule has 8 nitrogen and oxygen atoms in total. The smallest absolute Gasteiger partial charge is 0.257 e. The van der Waals surface area contributed by atoms with Crippen LogP contribution in [0.4, 0.5) is 5.95 Å². The number of anilines is 1. The van der Waals surface area contributed by atoms with E-state index in [2.05, 4.69) is 30.6 Å². The van der Waals surface area contributed by atoms with Gasteiger partial charge in [-0.15, -0.1) is 0 Å². The van der Waals surface area contributed by atoms with Crippen LogP contribution in [0.2, 0.25) is 0 Å². The van der Waals surface area contributed by atoms with Crippen molar-refractivity contribution in [3.8, 4) is 0 Å². The summed E-state index contributed by atoms with van der Waals surface area (Å²) < 4.78 is 1.56. The number of nitrogens with one attached hydrogen (secondary N) is 2. The summed E-state index contributed by atoms with van der Waals surface area (Å²) >= 11 is 0. The summed E-state index contributed by atoms with van der Waals surface area (Å²) in [6.07, 6.45) is 4.70. The molecule has 4 heterocycles. The Labute approximate surface area is 149 Å². The molecule has 0 saturated carbocycles. The molecule has 1 aliphatic rings. The highest BCUT2D eigenvalue weighted by Gasteiger charge is 2.26. The molecule has 0 aromatic carbocycles. The second-order valence-corrected chi connectivity index (χ2v) is 5.87. The van der Waals surface area contributed by atoms with E-state index in [0.29, 0.717) is 24.1 Å². The number of guanidine groups is 1. The van der Waals surface area contributed by atoms with E-state index in [-0.39, 0.29) is 5.56 Å². The maximum absolute atomic E-state index is 12.5. The summed E-state index contributed by atoms with van der Waals surface area (Å²) in [5.41, 5.74) is 2.19. The minimum atomic E-state index is -0.442. The second kappa shape index (κ2) is 6.75. The van der Waals surface area contributed by atoms with Crippen LogP contribution in [-0.4, -0.2) is 25.5 Å². The van der Waals surface area contributed by atoms with Crippen molar-refractivity contribution in [2.45, 2.75) is 19.6 Å². The van der Waals surface area contributed by atoms with Crippen LogP contribution < -0.4 is 16.2 Å². The van der Waals surface area contributed by atoms with Gasteiger partial charge in [-0.3, -0.25) is 24.6 Å². The van der Waals surface area contributed by atoms with Crippen LogP contribution in [0.15, 0.2) is 64.8 Å². The number of hydrogen-bond acceptors (Lipinski definition) is 5. The van der Waals surface area contributed by atoms with Crippen molar-refractivity contribution >= 4 is 11.9 Å². The zero-order chi connectivity index (χ0) is 17.9. The highest BCUT2D eigenvalue weighted by Crippen LogP contribution is 2.20. The molecule has 0 aliphatic carbocycles. The van der Waals surface area contributed by atoms with Gasteiger partial charge in [-0.25, -0.2) is 9.98 Å². The first-order valence-electron chi connectivity index (χ1n) is 8.19. The predicted molar refractivity (Wildman–Crippen MR) is 97.7 cm³/mol. The lowest BCUT2D eigenvalue weighted by Crippen LogP contribution is -2.48. The zero-order valence-corrected chi connectivity index (χ0v) is 14.1. The summed E-state index contributed by atoms with van der Waals surface area (Å²) in [6.45, 7) is 2.20. The first-order chi connectivity index (χ1) is 12.7. The van der Waals surface area contributed by atoms with Gasteiger partial charge in [-0.2, -0.15) is 0 Å². The summed E-state index contributed by atoms with van der Waals surface area (Å²) in [4.78, 5) is 29.9. The predicted octanol–water partition coefficient (Wildman–Crippen LogP) is 1.46. The first-order valence-corrected chi connectivity index (χ1v) is 8.19. The van der Waals surface area contributed by atoms with Crippen molar-refractivity contribution in [2.75, 3.05) is 5.32 Å². The molecule has 0 radical (unpaired) electrons. The molecule has 130 valence electrons. The first kappa shape index (κ1) is 15.9. The lowest BCUT2D eigenvalue weighted by atomic mass is 10.2. The van der Waals surface area contributed by atoms with E-state index in [9.17, 15) is 4.79 Å². The van der Waals surface area contributed by atoms with E-state index >= 15 is 0 Å². The molecule has 1 atom stereocenters. The third kappa shape index (κ3) is 3.16. The summed E-state index contributed by atoms with van der Waals surface area (Å²) in [7, 11) is 0. The Morgan fingerprint density at radius 1 is 1.23 bits per heavy atom. The van der Waals surface area contributed by atoms with Crippen molar-refractivity contribution in [3.05, 3.63) is 82.3 Å². The van der Waals surface area contributed by atoms with Gasteiger partial charge in [-0.05, 0) is 25.1 Å². The minimum Gasteiger partial charge on any atom is -0.331 e. The van der Waals surface area contributed by atoms with E-state index in [1.165, 1.54) is 6.07 Å². The Balaban J connectivity index is 1.73. The number of hydrogen-bond donors (Lipinski definition) is 2. The molecule has 2 N–H and O–H groups in total. The Morgan fingerprint density at radius 2 is 2.15 bits per heavy atom. The van der Waals surface area contributed by atoms with Crippen molar-refractivity contribution in [1.82, 2.24) is 24.8 Å². The number of nitrogens with zero attached hydrogens (tertiary/aromatic N) is 5. The van der Waals surface area contributed by atoms with Gasteiger partial charge < -0.3 is 5.32 Å². The number of aliphatic imine (C=N–C) groups is 1. The molecule has 8 heteroatoms. The molecule has 0 fully saturated rings. The molecule has 1 unspecified atom stereocenters. The van der Waals surface area contributed by atoms with Gasteiger partial charge in [0.2, 0.25) is 5.95 Å². The van der Waals surface area contributed by atoms with E-state index in [0.717, 1.165) is 11.3 Å². The highest BCUT2D eigenvalue weighted by molar-refractivity contribution is 5.93. The van der Waals surface area contributed by atoms with Crippen LogP contribution in [0.5, 0.6) is 0 Å². The molecule has 26 heavy (non-hydrogen) atoms. The van der Waals surface area contributed by atoms with Crippen molar-refractivity contribution in [2.24, 2.45) is 4.99 Å². The van der Waals surface area contributed by atoms with Gasteiger partial charge in [0.15, 0.2) is 5.96 Å². The Kier molecular flexibility index (Phi) is 4.14. The molecule has 3 aromatic heterocycles. The van der Waals surface area contributed by atoms with E-state index in [4.69, 9.17) is 0 Å². The standard InChI is InChI=1S/C18H17N7O/c1-12-9-15(26)25-16(13-5-4-7-19-10-13)23-17(24-18(25)22-12)21-11-14-6-2-3-8-20-14/h2-10,16H,11H2,1H3,(H2,21,22,23,24). The van der Waals surface area contributed by atoms with E-state index in [1.54, 1.807) is 30.1 Å². The second-order valence-electron chi connectivity index (χ2n) is 5.87. The van der Waals surface area contributed by atoms with Crippen LogP contribution in [0, 0.1) is 6.92 Å². The molecule has 3 aromatic rings. The maximum atomic E-state index is 12.5. The van der Waals surface area contributed by atoms with Crippen LogP contribution in [-0.2, 0) is 6.54 Å². The molecule has 1 aliphatic heterocycles. The Morgan fingerprint density at radius 3 is 2.92 bits per heavy atom. The number of rotatable bonds is 3. The topological polar surface area (TPSA) is 97.1 Å². The third-order valence-electron chi connectivity index (χ3n) is 3.97. The fourth-order valence-corrected chi connectivity index (χ4v) is 2.79. The SMILES string of the molecule is Cc1cc(=O)n2c(n1)NC(=NCc1ccccn1)NC2c1cccnc1. The Bertz CT molecular complexity index is 999. The zero-order valence-electron chi connectivity index (χ0n) is 14.1. The van der Waals surface area contributed by atoms with Crippen molar-refractivity contribution in [3.63, 3.8) is 0 Å². The highest BCUT2D eigenvalue weighted by atomic mass is 16.1. The van der Waals surface area contributed by atoms with Crippen LogP contribution >= 0.6 is 0 Å². The molecule has 0 bridgehead atoms. The van der Waals surface area contributed by atoms with Gasteiger partial charge in [0.25, 0.3) is 5.56 Å². The van der Waals surface area contributed by atoms with Crippen LogP contribution in [0.3, 0.4) is 0 Å². The number of pyridine rings is 2. The van der Waals surface area contributed by atoms with Gasteiger partial charge in [0.1, 0.15) is 6.17 Å². The third-order valence-corrected chi connectivity index (χ3v) is 3.97. The van der Waals surface area contributed by atoms with Crippen molar-refractivity contribution in [1.29, 1.82) is 0 Å². The molecule has 4 rings (SSSR count). The average Bonchev–Trinajstić information content (AvgIpc) is 2.67. The fourth-order valence-electron chi connectivity index (χ4n) is 2.79. The molecular formula is C18H17N7O. The maximum Gasteiger partial charge on any atom is 0.257 e. The van der Waals surface area contributed by atoms with Crippen LogP contribution in [0.25, 0.3) is 0 Å². The number of aromatic nitrogens is 4. The molecule has 0 saturated heterocycles. The minimum absolute atomic E-state index is 0.148. The average molecular weight is 347 g/mol.